The average Bonchev–Trinajstić information content (AvgIpc) is 3.53. The molecule has 34 heavy (non-hydrogen) atoms. The molecule has 8 nitrogen and oxygen atoms in total. The van der Waals surface area contributed by atoms with E-state index in [0.717, 1.165) is 23.6 Å². The standard InChI is InChI=1S/C26H30N4O4/c1-28(2)24(31)16-29-15-18-6-9-20(13-22(18)25(29)32)30-12-11-23(26(30)33)34-21-10-8-19(27-14-21)7-5-17-3-4-17/h6,8-10,13-14,17,23H,3-5,7,11-12,15-16H2,1-2H3. The molecular formula is C26H30N4O4. The number of anilines is 1. The van der Waals surface area contributed by atoms with Gasteiger partial charge in [0.05, 0.1) is 6.20 Å². The zero-order valence-corrected chi connectivity index (χ0v) is 19.7. The number of pyridine rings is 1. The number of hydrogen-bond donors (Lipinski definition) is 0. The maximum absolute atomic E-state index is 13.1. The maximum Gasteiger partial charge on any atom is 0.268 e. The summed E-state index contributed by atoms with van der Waals surface area (Å²) in [7, 11) is 3.34. The molecule has 0 spiro atoms. The average molecular weight is 463 g/mol. The van der Waals surface area contributed by atoms with Gasteiger partial charge >= 0.3 is 0 Å². The van der Waals surface area contributed by atoms with Crippen LogP contribution < -0.4 is 9.64 Å². The van der Waals surface area contributed by atoms with Crippen LogP contribution in [0.2, 0.25) is 0 Å². The van der Waals surface area contributed by atoms with Crippen LogP contribution in [0.4, 0.5) is 5.69 Å². The lowest BCUT2D eigenvalue weighted by atomic mass is 10.1. The first-order chi connectivity index (χ1) is 16.4. The Morgan fingerprint density at radius 3 is 2.68 bits per heavy atom. The Balaban J connectivity index is 1.21. The van der Waals surface area contributed by atoms with E-state index in [0.29, 0.717) is 36.5 Å². The molecule has 2 fully saturated rings. The normalized spacial score (nSPS) is 19.5. The zero-order chi connectivity index (χ0) is 23.8. The minimum absolute atomic E-state index is 0.0435. The van der Waals surface area contributed by atoms with Gasteiger partial charge in [0, 0.05) is 50.6 Å². The molecule has 5 rings (SSSR count). The number of likely N-dealkylation sites (N-methyl/N-ethyl adjacent to an activating group) is 1. The summed E-state index contributed by atoms with van der Waals surface area (Å²) in [6.07, 6.45) is 6.56. The topological polar surface area (TPSA) is 83.1 Å². The van der Waals surface area contributed by atoms with Gasteiger partial charge in [0.15, 0.2) is 6.10 Å². The predicted molar refractivity (Wildman–Crippen MR) is 127 cm³/mol. The molecule has 0 N–H and O–H groups in total. The van der Waals surface area contributed by atoms with Gasteiger partial charge in [-0.3, -0.25) is 19.4 Å². The number of rotatable bonds is 8. The van der Waals surface area contributed by atoms with Gasteiger partial charge in [-0.05, 0) is 48.6 Å². The lowest BCUT2D eigenvalue weighted by Crippen LogP contribution is -2.36. The number of amides is 3. The van der Waals surface area contributed by atoms with Crippen LogP contribution in [0.3, 0.4) is 0 Å². The Hall–Kier alpha value is -3.42. The zero-order valence-electron chi connectivity index (χ0n) is 19.7. The number of hydrogen-bond acceptors (Lipinski definition) is 5. The van der Waals surface area contributed by atoms with Gasteiger partial charge in [0.25, 0.3) is 11.8 Å². The number of aryl methyl sites for hydroxylation is 1. The first-order valence-corrected chi connectivity index (χ1v) is 11.9. The highest BCUT2D eigenvalue weighted by Gasteiger charge is 2.36. The lowest BCUT2D eigenvalue weighted by molar-refractivity contribution is -0.129. The molecule has 2 aromatic rings. The van der Waals surface area contributed by atoms with Crippen molar-refractivity contribution in [2.45, 2.75) is 44.8 Å². The molecule has 2 aliphatic heterocycles. The molecule has 178 valence electrons. The maximum atomic E-state index is 13.1. The van der Waals surface area contributed by atoms with Gasteiger partial charge in [0.1, 0.15) is 12.3 Å². The highest BCUT2D eigenvalue weighted by molar-refractivity contribution is 6.03. The van der Waals surface area contributed by atoms with Gasteiger partial charge in [-0.2, -0.15) is 0 Å². The van der Waals surface area contributed by atoms with Crippen molar-refractivity contribution in [1.29, 1.82) is 0 Å². The fourth-order valence-electron chi connectivity index (χ4n) is 4.52. The van der Waals surface area contributed by atoms with Gasteiger partial charge in [-0.1, -0.05) is 18.9 Å². The van der Waals surface area contributed by atoms with Crippen molar-refractivity contribution in [1.82, 2.24) is 14.8 Å². The molecule has 1 saturated carbocycles. The first kappa shape index (κ1) is 22.4. The van der Waals surface area contributed by atoms with E-state index < -0.39 is 6.10 Å². The quantitative estimate of drug-likeness (QED) is 0.602. The van der Waals surface area contributed by atoms with E-state index in [2.05, 4.69) is 4.98 Å². The van der Waals surface area contributed by atoms with Crippen molar-refractivity contribution < 1.29 is 19.1 Å². The molecule has 3 heterocycles. The van der Waals surface area contributed by atoms with E-state index >= 15 is 0 Å². The summed E-state index contributed by atoms with van der Waals surface area (Å²) < 4.78 is 5.96. The van der Waals surface area contributed by atoms with Crippen LogP contribution in [0, 0.1) is 5.92 Å². The molecule has 8 heteroatoms. The minimum Gasteiger partial charge on any atom is -0.479 e. The van der Waals surface area contributed by atoms with Crippen LogP contribution >= 0.6 is 0 Å². The largest absolute Gasteiger partial charge is 0.479 e. The van der Waals surface area contributed by atoms with E-state index in [1.807, 2.05) is 24.3 Å². The third-order valence-electron chi connectivity index (χ3n) is 6.85. The van der Waals surface area contributed by atoms with Crippen molar-refractivity contribution in [2.75, 3.05) is 32.1 Å². The molecular weight excluding hydrogens is 432 g/mol. The second kappa shape index (κ2) is 9.08. The van der Waals surface area contributed by atoms with Crippen molar-refractivity contribution in [3.05, 3.63) is 53.3 Å². The summed E-state index contributed by atoms with van der Waals surface area (Å²) in [5, 5.41) is 0. The molecule has 1 aliphatic carbocycles. The molecule has 1 aromatic carbocycles. The van der Waals surface area contributed by atoms with Crippen LogP contribution in [0.5, 0.6) is 5.75 Å². The van der Waals surface area contributed by atoms with Crippen LogP contribution in [0.15, 0.2) is 36.5 Å². The van der Waals surface area contributed by atoms with Crippen molar-refractivity contribution in [3.63, 3.8) is 0 Å². The summed E-state index contributed by atoms with van der Waals surface area (Å²) in [5.74, 6) is 1.04. The van der Waals surface area contributed by atoms with Gasteiger partial charge in [0.2, 0.25) is 5.91 Å². The fourth-order valence-corrected chi connectivity index (χ4v) is 4.52. The van der Waals surface area contributed by atoms with E-state index in [-0.39, 0.29) is 24.3 Å². The monoisotopic (exact) mass is 462 g/mol. The predicted octanol–water partition coefficient (Wildman–Crippen LogP) is 2.65. The Kier molecular flexibility index (Phi) is 5.98. The lowest BCUT2D eigenvalue weighted by Gasteiger charge is -2.18. The van der Waals surface area contributed by atoms with Crippen LogP contribution in [-0.2, 0) is 22.6 Å². The second-order valence-corrected chi connectivity index (χ2v) is 9.64. The Morgan fingerprint density at radius 1 is 1.15 bits per heavy atom. The van der Waals surface area contributed by atoms with Crippen LogP contribution in [0.25, 0.3) is 0 Å². The number of fused-ring (bicyclic) bond motifs is 1. The van der Waals surface area contributed by atoms with E-state index in [1.54, 1.807) is 31.3 Å². The molecule has 1 aromatic heterocycles. The van der Waals surface area contributed by atoms with Gasteiger partial charge in [-0.15, -0.1) is 0 Å². The van der Waals surface area contributed by atoms with Crippen molar-refractivity contribution in [2.24, 2.45) is 5.92 Å². The van der Waals surface area contributed by atoms with E-state index in [9.17, 15) is 14.4 Å². The molecule has 0 radical (unpaired) electrons. The van der Waals surface area contributed by atoms with E-state index in [1.165, 1.54) is 29.1 Å². The van der Waals surface area contributed by atoms with Crippen molar-refractivity contribution in [3.8, 4) is 5.75 Å². The molecule has 0 bridgehead atoms. The summed E-state index contributed by atoms with van der Waals surface area (Å²) in [5.41, 5.74) is 3.15. The third-order valence-corrected chi connectivity index (χ3v) is 6.85. The molecule has 1 unspecified atom stereocenters. The van der Waals surface area contributed by atoms with Crippen molar-refractivity contribution >= 4 is 23.4 Å². The number of benzene rings is 1. The number of nitrogens with zero attached hydrogens (tertiary/aromatic N) is 4. The molecule has 3 amide bonds. The number of carbonyl (C=O) groups is 3. The molecule has 3 aliphatic rings. The SMILES string of the molecule is CN(C)C(=O)CN1Cc2ccc(N3CCC(Oc4ccc(CCC5CC5)nc4)C3=O)cc2C1=O. The minimum atomic E-state index is -0.572. The summed E-state index contributed by atoms with van der Waals surface area (Å²) in [6, 6.07) is 9.36. The number of carbonyl (C=O) groups excluding carboxylic acids is 3. The summed E-state index contributed by atoms with van der Waals surface area (Å²) in [6.45, 7) is 0.964. The van der Waals surface area contributed by atoms with Gasteiger partial charge in [-0.25, -0.2) is 0 Å². The molecule has 1 saturated heterocycles. The Labute approximate surface area is 199 Å². The van der Waals surface area contributed by atoms with Crippen LogP contribution in [0.1, 0.15) is 47.3 Å². The van der Waals surface area contributed by atoms with Crippen LogP contribution in [-0.4, -0.2) is 65.8 Å². The summed E-state index contributed by atoms with van der Waals surface area (Å²) in [4.78, 5) is 47.1. The Morgan fingerprint density at radius 2 is 1.97 bits per heavy atom. The second-order valence-electron chi connectivity index (χ2n) is 9.64. The molecule has 1 atom stereocenters. The smallest absolute Gasteiger partial charge is 0.268 e. The highest BCUT2D eigenvalue weighted by atomic mass is 16.5. The number of aromatic nitrogens is 1. The summed E-state index contributed by atoms with van der Waals surface area (Å²) >= 11 is 0. The third kappa shape index (κ3) is 4.62. The van der Waals surface area contributed by atoms with Gasteiger partial charge < -0.3 is 19.4 Å². The Bertz CT molecular complexity index is 1110. The highest BCUT2D eigenvalue weighted by Crippen LogP contribution is 2.33. The van der Waals surface area contributed by atoms with E-state index in [4.69, 9.17) is 4.74 Å². The number of ether oxygens (including phenoxy) is 1. The first-order valence-electron chi connectivity index (χ1n) is 11.9. The fraction of sp³-hybridized carbons (Fsp3) is 0.462.